The molecular formula is C13H19F2N3O2. The largest absolute Gasteiger partial charge is 0.444 e. The van der Waals surface area contributed by atoms with Crippen LogP contribution in [-0.2, 0) is 11.3 Å². The second-order valence-electron chi connectivity index (χ2n) is 5.87. The minimum Gasteiger partial charge on any atom is -0.444 e. The zero-order valence-corrected chi connectivity index (χ0v) is 11.8. The molecule has 1 fully saturated rings. The number of carbonyl (C=O) groups excluding carboxylic acids is 1. The van der Waals surface area contributed by atoms with E-state index in [-0.39, 0.29) is 18.4 Å². The molecule has 112 valence electrons. The van der Waals surface area contributed by atoms with Crippen molar-refractivity contribution >= 4 is 6.09 Å². The second-order valence-corrected chi connectivity index (χ2v) is 5.87. The van der Waals surface area contributed by atoms with Gasteiger partial charge in [0, 0.05) is 18.4 Å². The molecule has 1 aliphatic rings. The normalized spacial score (nSPS) is 15.5. The summed E-state index contributed by atoms with van der Waals surface area (Å²) in [5.41, 5.74) is -0.609. The fourth-order valence-corrected chi connectivity index (χ4v) is 1.85. The van der Waals surface area contributed by atoms with Crippen LogP contribution in [0.5, 0.6) is 0 Å². The minimum atomic E-state index is -2.66. The molecular weight excluding hydrogens is 268 g/mol. The Hall–Kier alpha value is -1.66. The molecule has 0 radical (unpaired) electrons. The SMILES string of the molecule is CC(C)(C)OC(=O)N(Cc1nccn1C(F)F)C1CC1. The Morgan fingerprint density at radius 1 is 1.55 bits per heavy atom. The van der Waals surface area contributed by atoms with Crippen molar-refractivity contribution in [2.45, 2.75) is 58.3 Å². The fourth-order valence-electron chi connectivity index (χ4n) is 1.85. The Bertz CT molecular complexity index is 478. The maximum Gasteiger partial charge on any atom is 0.410 e. The number of alkyl halides is 2. The summed E-state index contributed by atoms with van der Waals surface area (Å²) in [7, 11) is 0. The summed E-state index contributed by atoms with van der Waals surface area (Å²) in [6.07, 6.45) is 3.77. The zero-order chi connectivity index (χ0) is 14.9. The fraction of sp³-hybridized carbons (Fsp3) is 0.692. The van der Waals surface area contributed by atoms with Crippen molar-refractivity contribution in [3.05, 3.63) is 18.2 Å². The maximum absolute atomic E-state index is 12.8. The van der Waals surface area contributed by atoms with Gasteiger partial charge in [0.1, 0.15) is 11.4 Å². The van der Waals surface area contributed by atoms with Gasteiger partial charge < -0.3 is 4.74 Å². The van der Waals surface area contributed by atoms with Gasteiger partial charge >= 0.3 is 12.6 Å². The number of amides is 1. The van der Waals surface area contributed by atoms with Gasteiger partial charge in [-0.25, -0.2) is 9.78 Å². The van der Waals surface area contributed by atoms with E-state index in [2.05, 4.69) is 4.98 Å². The minimum absolute atomic E-state index is 0.0386. The van der Waals surface area contributed by atoms with E-state index in [1.165, 1.54) is 17.3 Å². The third-order valence-corrected chi connectivity index (χ3v) is 2.89. The van der Waals surface area contributed by atoms with Crippen LogP contribution in [0.25, 0.3) is 0 Å². The van der Waals surface area contributed by atoms with Crippen molar-refractivity contribution in [3.63, 3.8) is 0 Å². The average molecular weight is 287 g/mol. The van der Waals surface area contributed by atoms with Crippen molar-refractivity contribution in [2.24, 2.45) is 0 Å². The molecule has 0 bridgehead atoms. The molecule has 20 heavy (non-hydrogen) atoms. The smallest absolute Gasteiger partial charge is 0.410 e. The Kier molecular flexibility index (Phi) is 3.96. The Labute approximate surface area is 116 Å². The summed E-state index contributed by atoms with van der Waals surface area (Å²) in [5.74, 6) is 0.165. The van der Waals surface area contributed by atoms with Gasteiger partial charge in [0.2, 0.25) is 0 Å². The summed E-state index contributed by atoms with van der Waals surface area (Å²) >= 11 is 0. The van der Waals surface area contributed by atoms with Gasteiger partial charge in [-0.2, -0.15) is 8.78 Å². The molecule has 0 aromatic carbocycles. The lowest BCUT2D eigenvalue weighted by Crippen LogP contribution is -2.38. The first-order valence-corrected chi connectivity index (χ1v) is 6.57. The molecule has 5 nitrogen and oxygen atoms in total. The molecule has 1 heterocycles. The third-order valence-electron chi connectivity index (χ3n) is 2.89. The van der Waals surface area contributed by atoms with E-state index in [0.29, 0.717) is 0 Å². The van der Waals surface area contributed by atoms with E-state index in [1.54, 1.807) is 20.8 Å². The van der Waals surface area contributed by atoms with Crippen LogP contribution in [0.1, 0.15) is 46.0 Å². The molecule has 0 N–H and O–H groups in total. The first-order chi connectivity index (χ1) is 9.28. The third kappa shape index (κ3) is 3.68. The van der Waals surface area contributed by atoms with Crippen molar-refractivity contribution in [3.8, 4) is 0 Å². The summed E-state index contributed by atoms with van der Waals surface area (Å²) in [6.45, 7) is 2.70. The van der Waals surface area contributed by atoms with E-state index < -0.39 is 18.2 Å². The van der Waals surface area contributed by atoms with Gasteiger partial charge in [-0.15, -0.1) is 0 Å². The van der Waals surface area contributed by atoms with Crippen LogP contribution in [0.2, 0.25) is 0 Å². The standard InChI is InChI=1S/C13H19F2N3O2/c1-13(2,3)20-12(19)18(9-4-5-9)8-10-16-6-7-17(10)11(14)15/h6-7,9,11H,4-5,8H2,1-3H3. The number of imidazole rings is 1. The molecule has 0 unspecified atom stereocenters. The summed E-state index contributed by atoms with van der Waals surface area (Å²) < 4.78 is 31.7. The van der Waals surface area contributed by atoms with E-state index in [4.69, 9.17) is 4.74 Å². The zero-order valence-electron chi connectivity index (χ0n) is 11.8. The predicted molar refractivity (Wildman–Crippen MR) is 68.3 cm³/mol. The molecule has 7 heteroatoms. The van der Waals surface area contributed by atoms with Crippen molar-refractivity contribution in [1.82, 2.24) is 14.5 Å². The molecule has 1 aromatic rings. The van der Waals surface area contributed by atoms with E-state index in [1.807, 2.05) is 0 Å². The molecule has 2 rings (SSSR count). The first-order valence-electron chi connectivity index (χ1n) is 6.57. The van der Waals surface area contributed by atoms with Gasteiger partial charge in [0.05, 0.1) is 6.54 Å². The highest BCUT2D eigenvalue weighted by Gasteiger charge is 2.36. The number of nitrogens with zero attached hydrogens (tertiary/aromatic N) is 3. The molecule has 0 spiro atoms. The van der Waals surface area contributed by atoms with Crippen LogP contribution in [0.15, 0.2) is 12.4 Å². The van der Waals surface area contributed by atoms with E-state index in [0.717, 1.165) is 17.4 Å². The molecule has 0 aliphatic heterocycles. The molecule has 1 amide bonds. The van der Waals surface area contributed by atoms with Crippen LogP contribution in [-0.4, -0.2) is 32.2 Å². The quantitative estimate of drug-likeness (QED) is 0.854. The number of aromatic nitrogens is 2. The molecule has 0 saturated heterocycles. The molecule has 1 aliphatic carbocycles. The lowest BCUT2D eigenvalue weighted by molar-refractivity contribution is 0.0186. The highest BCUT2D eigenvalue weighted by atomic mass is 19.3. The van der Waals surface area contributed by atoms with Crippen molar-refractivity contribution in [2.75, 3.05) is 0 Å². The van der Waals surface area contributed by atoms with E-state index in [9.17, 15) is 13.6 Å². The van der Waals surface area contributed by atoms with Gasteiger partial charge in [-0.3, -0.25) is 9.47 Å². The summed E-state index contributed by atoms with van der Waals surface area (Å²) in [4.78, 5) is 17.5. The van der Waals surface area contributed by atoms with Crippen LogP contribution in [0.3, 0.4) is 0 Å². The number of hydrogen-bond donors (Lipinski definition) is 0. The van der Waals surface area contributed by atoms with Crippen molar-refractivity contribution in [1.29, 1.82) is 0 Å². The van der Waals surface area contributed by atoms with E-state index >= 15 is 0 Å². The lowest BCUT2D eigenvalue weighted by atomic mass is 10.2. The molecule has 0 atom stereocenters. The first kappa shape index (κ1) is 14.7. The lowest BCUT2D eigenvalue weighted by Gasteiger charge is -2.27. The predicted octanol–water partition coefficient (Wildman–Crippen LogP) is 3.18. The van der Waals surface area contributed by atoms with Gasteiger partial charge in [-0.1, -0.05) is 0 Å². The van der Waals surface area contributed by atoms with Gasteiger partial charge in [0.25, 0.3) is 0 Å². The van der Waals surface area contributed by atoms with Crippen molar-refractivity contribution < 1.29 is 18.3 Å². The number of rotatable bonds is 4. The summed E-state index contributed by atoms with van der Waals surface area (Å²) in [5, 5.41) is 0. The summed E-state index contributed by atoms with van der Waals surface area (Å²) in [6, 6.07) is 0.0627. The van der Waals surface area contributed by atoms with Gasteiger partial charge in [-0.05, 0) is 33.6 Å². The Morgan fingerprint density at radius 2 is 2.20 bits per heavy atom. The highest BCUT2D eigenvalue weighted by Crippen LogP contribution is 2.30. The van der Waals surface area contributed by atoms with Crippen LogP contribution >= 0.6 is 0 Å². The Balaban J connectivity index is 2.10. The van der Waals surface area contributed by atoms with Crippen LogP contribution in [0, 0.1) is 0 Å². The van der Waals surface area contributed by atoms with Crippen LogP contribution in [0.4, 0.5) is 13.6 Å². The monoisotopic (exact) mass is 287 g/mol. The average Bonchev–Trinajstić information content (AvgIpc) is 3.01. The number of halogens is 2. The maximum atomic E-state index is 12.8. The Morgan fingerprint density at radius 3 is 2.70 bits per heavy atom. The number of carbonyl (C=O) groups is 1. The second kappa shape index (κ2) is 5.38. The van der Waals surface area contributed by atoms with Gasteiger partial charge in [0.15, 0.2) is 0 Å². The highest BCUT2D eigenvalue weighted by molar-refractivity contribution is 5.69. The topological polar surface area (TPSA) is 47.4 Å². The molecule has 1 aromatic heterocycles. The number of ether oxygens (including phenoxy) is 1. The molecule has 1 saturated carbocycles. The number of hydrogen-bond acceptors (Lipinski definition) is 3. The van der Waals surface area contributed by atoms with Crippen LogP contribution < -0.4 is 0 Å².